The maximum Gasteiger partial charge on any atom is 0.309 e. The van der Waals surface area contributed by atoms with E-state index >= 15 is 0 Å². The fraction of sp³-hybridized carbons (Fsp3) is 0.923. The van der Waals surface area contributed by atoms with Crippen LogP contribution in [0.2, 0.25) is 0 Å². The molecule has 2 aliphatic rings. The van der Waals surface area contributed by atoms with Crippen LogP contribution in [0.5, 0.6) is 0 Å². The zero-order valence-corrected chi connectivity index (χ0v) is 11.4. The van der Waals surface area contributed by atoms with E-state index in [1.807, 2.05) is 7.05 Å². The molecule has 1 heterocycles. The quantitative estimate of drug-likeness (QED) is 0.439. The summed E-state index contributed by atoms with van der Waals surface area (Å²) < 4.78 is 5.36. The number of nitro groups is 1. The molecule has 2 rings (SSSR count). The van der Waals surface area contributed by atoms with Crippen molar-refractivity contribution in [1.82, 2.24) is 4.90 Å². The van der Waals surface area contributed by atoms with Gasteiger partial charge in [0.1, 0.15) is 6.61 Å². The lowest BCUT2D eigenvalue weighted by Crippen LogP contribution is -2.35. The van der Waals surface area contributed by atoms with Crippen molar-refractivity contribution in [3.05, 3.63) is 10.1 Å². The van der Waals surface area contributed by atoms with Crippen molar-refractivity contribution >= 4 is 5.97 Å². The third-order valence-corrected chi connectivity index (χ3v) is 4.37. The summed E-state index contributed by atoms with van der Waals surface area (Å²) in [5.74, 6) is -0.525. The first-order valence-corrected chi connectivity index (χ1v) is 7.08. The molecule has 1 saturated heterocycles. The van der Waals surface area contributed by atoms with Gasteiger partial charge in [0, 0.05) is 23.8 Å². The first kappa shape index (κ1) is 14.2. The highest BCUT2D eigenvalue weighted by molar-refractivity contribution is 5.72. The number of likely N-dealkylation sites (tertiary alicyclic amines) is 1. The molecule has 0 N–H and O–H groups in total. The summed E-state index contributed by atoms with van der Waals surface area (Å²) in [4.78, 5) is 24.7. The number of likely N-dealkylation sites (N-methyl/N-ethyl adjacent to an activating group) is 1. The molecule has 0 aromatic rings. The highest BCUT2D eigenvalue weighted by Gasteiger charge is 2.34. The Bertz CT molecular complexity index is 348. The predicted molar refractivity (Wildman–Crippen MR) is 69.4 cm³/mol. The summed E-state index contributed by atoms with van der Waals surface area (Å²) >= 11 is 0. The molecule has 2 fully saturated rings. The molecule has 1 aliphatic heterocycles. The third kappa shape index (κ3) is 3.65. The van der Waals surface area contributed by atoms with Gasteiger partial charge in [-0.1, -0.05) is 0 Å². The molecule has 6 heteroatoms. The molecule has 0 amide bonds. The zero-order chi connectivity index (χ0) is 13.8. The lowest BCUT2D eigenvalue weighted by Gasteiger charge is -2.24. The number of hydrogen-bond donors (Lipinski definition) is 0. The van der Waals surface area contributed by atoms with Gasteiger partial charge in [-0.2, -0.15) is 0 Å². The molecule has 0 radical (unpaired) electrons. The van der Waals surface area contributed by atoms with Gasteiger partial charge in [0.15, 0.2) is 0 Å². The smallest absolute Gasteiger partial charge is 0.309 e. The van der Waals surface area contributed by atoms with Crippen LogP contribution in [0.25, 0.3) is 0 Å². The van der Waals surface area contributed by atoms with Crippen LogP contribution in [0.3, 0.4) is 0 Å². The van der Waals surface area contributed by atoms with Crippen LogP contribution in [0, 0.1) is 16.0 Å². The van der Waals surface area contributed by atoms with Crippen molar-refractivity contribution in [3.63, 3.8) is 0 Å². The molecule has 19 heavy (non-hydrogen) atoms. The molecular weight excluding hydrogens is 248 g/mol. The Morgan fingerprint density at radius 1 is 1.37 bits per heavy atom. The Kier molecular flexibility index (Phi) is 4.74. The van der Waals surface area contributed by atoms with Gasteiger partial charge in [-0.3, -0.25) is 14.9 Å². The van der Waals surface area contributed by atoms with E-state index in [1.165, 1.54) is 0 Å². The summed E-state index contributed by atoms with van der Waals surface area (Å²) in [5.41, 5.74) is 0. The van der Waals surface area contributed by atoms with E-state index in [9.17, 15) is 14.9 Å². The summed E-state index contributed by atoms with van der Waals surface area (Å²) in [6, 6.07) is -0.251. The van der Waals surface area contributed by atoms with Crippen molar-refractivity contribution in [2.24, 2.45) is 5.92 Å². The topological polar surface area (TPSA) is 72.7 Å². The molecule has 0 spiro atoms. The lowest BCUT2D eigenvalue weighted by atomic mass is 9.86. The number of carbonyl (C=O) groups is 1. The Labute approximate surface area is 113 Å². The van der Waals surface area contributed by atoms with Gasteiger partial charge in [0.05, 0.1) is 5.92 Å². The van der Waals surface area contributed by atoms with Crippen molar-refractivity contribution in [2.45, 2.75) is 50.6 Å². The minimum Gasteiger partial charge on any atom is -0.464 e. The predicted octanol–water partition coefficient (Wildman–Crippen LogP) is 1.46. The van der Waals surface area contributed by atoms with Crippen molar-refractivity contribution in [3.8, 4) is 0 Å². The van der Waals surface area contributed by atoms with Crippen LogP contribution in [0.15, 0.2) is 0 Å². The molecular formula is C13H22N2O4. The fourth-order valence-electron chi connectivity index (χ4n) is 3.06. The van der Waals surface area contributed by atoms with Gasteiger partial charge in [-0.15, -0.1) is 0 Å². The first-order valence-electron chi connectivity index (χ1n) is 7.08. The Morgan fingerprint density at radius 3 is 2.79 bits per heavy atom. The number of esters is 1. The van der Waals surface area contributed by atoms with E-state index in [1.54, 1.807) is 0 Å². The zero-order valence-electron chi connectivity index (χ0n) is 11.4. The van der Waals surface area contributed by atoms with E-state index in [0.29, 0.717) is 25.5 Å². The van der Waals surface area contributed by atoms with Crippen LogP contribution in [0.1, 0.15) is 38.5 Å². The molecule has 0 bridgehead atoms. The number of ether oxygens (including phenoxy) is 1. The van der Waals surface area contributed by atoms with E-state index in [0.717, 1.165) is 32.2 Å². The van der Waals surface area contributed by atoms with Crippen molar-refractivity contribution in [1.29, 1.82) is 0 Å². The minimum absolute atomic E-state index is 0.244. The monoisotopic (exact) mass is 270 g/mol. The first-order chi connectivity index (χ1) is 9.08. The van der Waals surface area contributed by atoms with E-state index in [2.05, 4.69) is 4.90 Å². The third-order valence-electron chi connectivity index (χ3n) is 4.37. The standard InChI is InChI=1S/C13H22N2O4/c1-14-7-3-6-12(14)9-19-13(16)10-4-2-5-11(8-10)15(17)18/h10-12H,2-9H2,1H3. The SMILES string of the molecule is CN1CCCC1COC(=O)C1CCCC([N+](=O)[O-])C1. The van der Waals surface area contributed by atoms with Gasteiger partial charge >= 0.3 is 5.97 Å². The molecule has 0 aromatic carbocycles. The Hall–Kier alpha value is -1.17. The highest BCUT2D eigenvalue weighted by atomic mass is 16.6. The van der Waals surface area contributed by atoms with Crippen LogP contribution in [-0.2, 0) is 9.53 Å². The molecule has 1 aliphatic carbocycles. The molecule has 3 atom stereocenters. The summed E-state index contributed by atoms with van der Waals surface area (Å²) in [6.07, 6.45) is 4.60. The van der Waals surface area contributed by atoms with Crippen molar-refractivity contribution in [2.75, 3.05) is 20.2 Å². The molecule has 6 nitrogen and oxygen atoms in total. The van der Waals surface area contributed by atoms with Crippen LogP contribution >= 0.6 is 0 Å². The average molecular weight is 270 g/mol. The minimum atomic E-state index is -0.569. The second-order valence-electron chi connectivity index (χ2n) is 5.71. The van der Waals surface area contributed by atoms with E-state index in [-0.39, 0.29) is 16.8 Å². The number of hydrogen-bond acceptors (Lipinski definition) is 5. The second kappa shape index (κ2) is 6.32. The normalized spacial score (nSPS) is 32.2. The number of carbonyl (C=O) groups excluding carboxylic acids is 1. The Balaban J connectivity index is 1.77. The van der Waals surface area contributed by atoms with Crippen LogP contribution < -0.4 is 0 Å². The summed E-state index contributed by atoms with van der Waals surface area (Å²) in [7, 11) is 2.04. The van der Waals surface area contributed by atoms with Crippen LogP contribution in [-0.4, -0.2) is 48.1 Å². The fourth-order valence-corrected chi connectivity index (χ4v) is 3.06. The van der Waals surface area contributed by atoms with Gasteiger partial charge in [-0.25, -0.2) is 0 Å². The second-order valence-corrected chi connectivity index (χ2v) is 5.71. The van der Waals surface area contributed by atoms with Gasteiger partial charge in [0.25, 0.3) is 0 Å². The molecule has 1 saturated carbocycles. The average Bonchev–Trinajstić information content (AvgIpc) is 2.81. The van der Waals surface area contributed by atoms with Gasteiger partial charge in [0.2, 0.25) is 6.04 Å². The van der Waals surface area contributed by atoms with Gasteiger partial charge in [-0.05, 0) is 39.3 Å². The van der Waals surface area contributed by atoms with Crippen LogP contribution in [0.4, 0.5) is 0 Å². The van der Waals surface area contributed by atoms with Crippen molar-refractivity contribution < 1.29 is 14.5 Å². The molecule has 108 valence electrons. The maximum absolute atomic E-state index is 12.0. The van der Waals surface area contributed by atoms with E-state index in [4.69, 9.17) is 4.74 Å². The highest BCUT2D eigenvalue weighted by Crippen LogP contribution is 2.27. The summed E-state index contributed by atoms with van der Waals surface area (Å²) in [6.45, 7) is 1.48. The molecule has 3 unspecified atom stereocenters. The van der Waals surface area contributed by atoms with Gasteiger partial charge < -0.3 is 9.64 Å². The number of rotatable bonds is 4. The largest absolute Gasteiger partial charge is 0.464 e. The molecule has 0 aromatic heterocycles. The maximum atomic E-state index is 12.0. The Morgan fingerprint density at radius 2 is 2.16 bits per heavy atom. The lowest BCUT2D eigenvalue weighted by molar-refractivity contribution is -0.527. The summed E-state index contributed by atoms with van der Waals surface area (Å²) in [5, 5.41) is 10.8. The number of nitrogens with zero attached hydrogens (tertiary/aromatic N) is 2. The van der Waals surface area contributed by atoms with E-state index < -0.39 is 6.04 Å².